The van der Waals surface area contributed by atoms with Crippen LogP contribution in [0.15, 0.2) is 53.4 Å². The number of anilines is 3. The second kappa shape index (κ2) is 6.20. The zero-order valence-corrected chi connectivity index (χ0v) is 15.9. The van der Waals surface area contributed by atoms with Crippen molar-refractivity contribution in [2.75, 3.05) is 61.5 Å². The molecule has 1 aliphatic carbocycles. The first-order valence-corrected chi connectivity index (χ1v) is 9.89. The highest BCUT2D eigenvalue weighted by Gasteiger charge is 2.30. The van der Waals surface area contributed by atoms with E-state index in [1.807, 2.05) is 0 Å². The summed E-state index contributed by atoms with van der Waals surface area (Å²) in [4.78, 5) is 9.82. The fraction of sp³-hybridized carbons (Fsp3) is 0.455. The minimum absolute atomic E-state index is 0.977. The van der Waals surface area contributed by atoms with Crippen molar-refractivity contribution < 1.29 is 0 Å². The highest BCUT2D eigenvalue weighted by atomic mass is 15.3. The number of nitrogens with zero attached hydrogens (tertiary/aromatic N) is 4. The molecule has 4 nitrogen and oxygen atoms in total. The Bertz CT molecular complexity index is 811. The van der Waals surface area contributed by atoms with Crippen LogP contribution in [-0.4, -0.2) is 51.7 Å². The first kappa shape index (κ1) is 16.0. The van der Waals surface area contributed by atoms with Gasteiger partial charge >= 0.3 is 0 Å². The van der Waals surface area contributed by atoms with E-state index in [1.165, 1.54) is 53.2 Å². The maximum atomic E-state index is 2.53. The molecule has 136 valence electrons. The Morgan fingerprint density at radius 1 is 0.923 bits per heavy atom. The Balaban J connectivity index is 1.57. The normalized spacial score (nSPS) is 22.8. The van der Waals surface area contributed by atoms with Crippen LogP contribution in [0.1, 0.15) is 19.3 Å². The number of rotatable bonds is 1. The summed E-state index contributed by atoms with van der Waals surface area (Å²) < 4.78 is 0. The first-order valence-electron chi connectivity index (χ1n) is 9.89. The van der Waals surface area contributed by atoms with Crippen LogP contribution in [0.4, 0.5) is 17.1 Å². The van der Waals surface area contributed by atoms with Gasteiger partial charge in [-0.15, -0.1) is 0 Å². The highest BCUT2D eigenvalue weighted by Crippen LogP contribution is 2.44. The van der Waals surface area contributed by atoms with Crippen LogP contribution < -0.4 is 14.7 Å². The Labute approximate surface area is 156 Å². The molecule has 3 aliphatic heterocycles. The SMILES string of the molecule is CN1CCN(c2ccc3c(c2)N(C)C=C2CCCC4=C2N3CC=C4)CC1. The molecule has 1 aromatic carbocycles. The Morgan fingerprint density at radius 3 is 2.62 bits per heavy atom. The lowest BCUT2D eigenvalue weighted by atomic mass is 9.89. The van der Waals surface area contributed by atoms with Crippen molar-refractivity contribution in [3.63, 3.8) is 0 Å². The van der Waals surface area contributed by atoms with Gasteiger partial charge in [-0.2, -0.15) is 0 Å². The van der Waals surface area contributed by atoms with E-state index in [-0.39, 0.29) is 0 Å². The molecular weight excluding hydrogens is 320 g/mol. The number of likely N-dealkylation sites (N-methyl/N-ethyl adjacent to an activating group) is 1. The zero-order chi connectivity index (χ0) is 17.7. The molecule has 0 spiro atoms. The van der Waals surface area contributed by atoms with E-state index in [0.717, 1.165) is 32.7 Å². The van der Waals surface area contributed by atoms with Gasteiger partial charge in [-0.3, -0.25) is 0 Å². The molecule has 1 saturated heterocycles. The Kier molecular flexibility index (Phi) is 3.82. The Morgan fingerprint density at radius 2 is 1.77 bits per heavy atom. The summed E-state index contributed by atoms with van der Waals surface area (Å²) in [5.41, 5.74) is 8.50. The van der Waals surface area contributed by atoms with Crippen molar-refractivity contribution in [1.29, 1.82) is 0 Å². The number of fused-ring (bicyclic) bond motifs is 2. The molecule has 26 heavy (non-hydrogen) atoms. The summed E-state index contributed by atoms with van der Waals surface area (Å²) in [7, 11) is 4.42. The lowest BCUT2D eigenvalue weighted by molar-refractivity contribution is 0.313. The van der Waals surface area contributed by atoms with Crippen molar-refractivity contribution in [2.45, 2.75) is 19.3 Å². The van der Waals surface area contributed by atoms with Crippen molar-refractivity contribution in [2.24, 2.45) is 0 Å². The van der Waals surface area contributed by atoms with Crippen LogP contribution in [0.2, 0.25) is 0 Å². The quantitative estimate of drug-likeness (QED) is 0.769. The van der Waals surface area contributed by atoms with Crippen LogP contribution in [0.5, 0.6) is 0 Å². The third-order valence-electron chi connectivity index (χ3n) is 6.23. The molecule has 4 heteroatoms. The number of hydrogen-bond donors (Lipinski definition) is 0. The number of benzene rings is 1. The topological polar surface area (TPSA) is 13.0 Å². The van der Waals surface area contributed by atoms with Gasteiger partial charge in [0.2, 0.25) is 0 Å². The second-order valence-corrected chi connectivity index (χ2v) is 7.97. The number of hydrogen-bond acceptors (Lipinski definition) is 4. The molecule has 0 aromatic heterocycles. The number of piperazine rings is 1. The largest absolute Gasteiger partial charge is 0.369 e. The van der Waals surface area contributed by atoms with Gasteiger partial charge in [-0.1, -0.05) is 12.2 Å². The van der Waals surface area contributed by atoms with E-state index >= 15 is 0 Å². The van der Waals surface area contributed by atoms with E-state index in [9.17, 15) is 0 Å². The van der Waals surface area contributed by atoms with Gasteiger partial charge in [0.25, 0.3) is 0 Å². The van der Waals surface area contributed by atoms with Crippen molar-refractivity contribution in [3.8, 4) is 0 Å². The molecule has 0 bridgehead atoms. The average molecular weight is 348 g/mol. The third kappa shape index (κ3) is 2.55. The summed E-state index contributed by atoms with van der Waals surface area (Å²) in [6, 6.07) is 7.06. The van der Waals surface area contributed by atoms with Gasteiger partial charge in [0.15, 0.2) is 0 Å². The van der Waals surface area contributed by atoms with Gasteiger partial charge in [0.05, 0.1) is 11.4 Å². The lowest BCUT2D eigenvalue weighted by Crippen LogP contribution is -2.44. The maximum absolute atomic E-state index is 2.53. The predicted octanol–water partition coefficient (Wildman–Crippen LogP) is 3.59. The van der Waals surface area contributed by atoms with E-state index in [0.29, 0.717) is 0 Å². The molecule has 3 heterocycles. The van der Waals surface area contributed by atoms with Crippen LogP contribution in [0.3, 0.4) is 0 Å². The minimum Gasteiger partial charge on any atom is -0.369 e. The van der Waals surface area contributed by atoms with Gasteiger partial charge in [-0.05, 0) is 55.7 Å². The Hall–Kier alpha value is -2.20. The van der Waals surface area contributed by atoms with Crippen LogP contribution >= 0.6 is 0 Å². The van der Waals surface area contributed by atoms with Gasteiger partial charge in [0.1, 0.15) is 0 Å². The van der Waals surface area contributed by atoms with E-state index < -0.39 is 0 Å². The van der Waals surface area contributed by atoms with E-state index in [1.54, 1.807) is 0 Å². The van der Waals surface area contributed by atoms with Gasteiger partial charge < -0.3 is 19.6 Å². The second-order valence-electron chi connectivity index (χ2n) is 7.97. The first-order chi connectivity index (χ1) is 12.7. The van der Waals surface area contributed by atoms with Gasteiger partial charge in [-0.25, -0.2) is 0 Å². The van der Waals surface area contributed by atoms with Crippen molar-refractivity contribution in [1.82, 2.24) is 4.90 Å². The van der Waals surface area contributed by atoms with E-state index in [2.05, 4.69) is 70.2 Å². The molecule has 1 aromatic rings. The monoisotopic (exact) mass is 348 g/mol. The fourth-order valence-electron chi connectivity index (χ4n) is 4.74. The summed E-state index contributed by atoms with van der Waals surface area (Å²) in [5, 5.41) is 0. The zero-order valence-electron chi connectivity index (χ0n) is 15.9. The molecule has 0 unspecified atom stereocenters. The van der Waals surface area contributed by atoms with Crippen LogP contribution in [-0.2, 0) is 0 Å². The lowest BCUT2D eigenvalue weighted by Gasteiger charge is -2.36. The smallest absolute Gasteiger partial charge is 0.0665 e. The summed E-state index contributed by atoms with van der Waals surface area (Å²) in [5.74, 6) is 0. The van der Waals surface area contributed by atoms with Crippen LogP contribution in [0, 0.1) is 0 Å². The number of allylic oxidation sites excluding steroid dienone is 3. The van der Waals surface area contributed by atoms with Crippen molar-refractivity contribution >= 4 is 17.1 Å². The van der Waals surface area contributed by atoms with Crippen molar-refractivity contribution in [3.05, 3.63) is 53.4 Å². The van der Waals surface area contributed by atoms with E-state index in [4.69, 9.17) is 0 Å². The molecule has 0 radical (unpaired) electrons. The fourth-order valence-corrected chi connectivity index (χ4v) is 4.74. The third-order valence-corrected chi connectivity index (χ3v) is 6.23. The molecule has 0 saturated carbocycles. The summed E-state index contributed by atoms with van der Waals surface area (Å²) >= 11 is 0. The minimum atomic E-state index is 0.977. The molecule has 1 fully saturated rings. The molecule has 0 N–H and O–H groups in total. The molecule has 0 amide bonds. The van der Waals surface area contributed by atoms with Gasteiger partial charge in [0, 0.05) is 57.4 Å². The summed E-state index contributed by atoms with van der Waals surface area (Å²) in [6.45, 7) is 5.49. The average Bonchev–Trinajstić information content (AvgIpc) is 2.79. The predicted molar refractivity (Wildman–Crippen MR) is 110 cm³/mol. The molecular formula is C22H28N4. The standard InChI is InChI=1S/C22H28N4/c1-23-11-13-25(14-12-23)19-8-9-20-21(15-19)24(2)16-18-6-3-5-17-7-4-10-26(20)22(17)18/h4,7-9,15-16H,3,5-6,10-14H2,1-2H3. The van der Waals surface area contributed by atoms with Crippen LogP contribution in [0.25, 0.3) is 0 Å². The summed E-state index contributed by atoms with van der Waals surface area (Å²) in [6.07, 6.45) is 10.7. The highest BCUT2D eigenvalue weighted by molar-refractivity contribution is 5.82. The molecule has 5 rings (SSSR count). The molecule has 0 atom stereocenters. The maximum Gasteiger partial charge on any atom is 0.0665 e. The molecule has 4 aliphatic rings.